The van der Waals surface area contributed by atoms with E-state index >= 15 is 0 Å². The summed E-state index contributed by atoms with van der Waals surface area (Å²) in [5.74, 6) is 1.13. The zero-order valence-electron chi connectivity index (χ0n) is 16.5. The van der Waals surface area contributed by atoms with Crippen LogP contribution in [0.1, 0.15) is 26.7 Å². The summed E-state index contributed by atoms with van der Waals surface area (Å²) in [6, 6.07) is 3.76. The standard InChI is InChI=1S/C16H19N5O2.C4H9N/c1-11(2)22-5-6-23-12-3-4-21-14(9-19-16(21)7-12)13-8-18-10-15(17)20-13;1-2-4-5-3-1/h3-4,7-11H,5-6H2,1-2H3,(H2,17,20);5H,1-4H2. The fourth-order valence-electron chi connectivity index (χ4n) is 2.81. The fourth-order valence-corrected chi connectivity index (χ4v) is 2.81. The van der Waals surface area contributed by atoms with Crippen LogP contribution in [0.3, 0.4) is 0 Å². The molecule has 3 N–H and O–H groups in total. The lowest BCUT2D eigenvalue weighted by Crippen LogP contribution is -2.11. The van der Waals surface area contributed by atoms with Crippen molar-refractivity contribution in [3.8, 4) is 17.1 Å². The number of hydrogen-bond donors (Lipinski definition) is 2. The highest BCUT2D eigenvalue weighted by Gasteiger charge is 2.09. The first kappa shape index (κ1) is 20.0. The molecule has 8 heteroatoms. The molecular weight excluding hydrogens is 356 g/mol. The summed E-state index contributed by atoms with van der Waals surface area (Å²) in [7, 11) is 0. The van der Waals surface area contributed by atoms with Gasteiger partial charge in [0.05, 0.1) is 37.0 Å². The van der Waals surface area contributed by atoms with Gasteiger partial charge in [-0.15, -0.1) is 0 Å². The van der Waals surface area contributed by atoms with Gasteiger partial charge in [0, 0.05) is 12.3 Å². The Morgan fingerprint density at radius 2 is 2.00 bits per heavy atom. The van der Waals surface area contributed by atoms with Gasteiger partial charge in [-0.2, -0.15) is 0 Å². The van der Waals surface area contributed by atoms with Crippen LogP contribution >= 0.6 is 0 Å². The molecule has 0 aliphatic carbocycles. The van der Waals surface area contributed by atoms with Crippen LogP contribution in [0, 0.1) is 0 Å². The third-order valence-electron chi connectivity index (χ3n) is 4.16. The Kier molecular flexibility index (Phi) is 7.16. The Balaban J connectivity index is 0.000000391. The van der Waals surface area contributed by atoms with E-state index in [1.807, 2.05) is 36.6 Å². The van der Waals surface area contributed by atoms with Crippen LogP contribution in [0.25, 0.3) is 17.0 Å². The molecule has 150 valence electrons. The first-order valence-electron chi connectivity index (χ1n) is 9.63. The molecule has 4 heterocycles. The van der Waals surface area contributed by atoms with Crippen molar-refractivity contribution in [2.75, 3.05) is 32.0 Å². The number of nitrogen functional groups attached to an aromatic ring is 1. The van der Waals surface area contributed by atoms with Gasteiger partial charge in [-0.3, -0.25) is 9.38 Å². The first-order valence-corrected chi connectivity index (χ1v) is 9.63. The van der Waals surface area contributed by atoms with Gasteiger partial charge >= 0.3 is 0 Å². The van der Waals surface area contributed by atoms with E-state index in [9.17, 15) is 0 Å². The normalized spacial score (nSPS) is 13.5. The summed E-state index contributed by atoms with van der Waals surface area (Å²) in [4.78, 5) is 12.7. The van der Waals surface area contributed by atoms with Crippen molar-refractivity contribution in [2.24, 2.45) is 0 Å². The number of pyridine rings is 1. The van der Waals surface area contributed by atoms with Gasteiger partial charge in [-0.25, -0.2) is 9.97 Å². The number of aromatic nitrogens is 4. The second-order valence-electron chi connectivity index (χ2n) is 6.79. The largest absolute Gasteiger partial charge is 0.491 e. The number of hydrogen-bond acceptors (Lipinski definition) is 7. The Morgan fingerprint density at radius 3 is 2.68 bits per heavy atom. The Morgan fingerprint density at radius 1 is 1.18 bits per heavy atom. The number of nitrogens with zero attached hydrogens (tertiary/aromatic N) is 4. The molecule has 1 saturated heterocycles. The molecule has 28 heavy (non-hydrogen) atoms. The molecule has 3 aromatic heterocycles. The molecule has 1 aliphatic heterocycles. The number of rotatable bonds is 6. The number of anilines is 1. The number of fused-ring (bicyclic) bond motifs is 1. The molecule has 0 radical (unpaired) electrons. The number of ether oxygens (including phenoxy) is 2. The molecule has 0 spiro atoms. The van der Waals surface area contributed by atoms with E-state index in [2.05, 4.69) is 20.3 Å². The summed E-state index contributed by atoms with van der Waals surface area (Å²) in [6.07, 6.45) is 9.78. The Bertz CT molecular complexity index is 868. The molecule has 0 saturated carbocycles. The highest BCUT2D eigenvalue weighted by molar-refractivity contribution is 5.61. The minimum Gasteiger partial charge on any atom is -0.491 e. The van der Waals surface area contributed by atoms with Crippen LogP contribution in [0.15, 0.2) is 36.9 Å². The van der Waals surface area contributed by atoms with E-state index in [0.717, 1.165) is 17.1 Å². The maximum Gasteiger partial charge on any atom is 0.142 e. The van der Waals surface area contributed by atoms with Crippen LogP contribution in [-0.4, -0.2) is 51.8 Å². The molecule has 0 atom stereocenters. The highest BCUT2D eigenvalue weighted by atomic mass is 16.5. The monoisotopic (exact) mass is 384 g/mol. The summed E-state index contributed by atoms with van der Waals surface area (Å²) >= 11 is 0. The molecule has 0 unspecified atom stereocenters. The van der Waals surface area contributed by atoms with Crippen molar-refractivity contribution in [1.29, 1.82) is 0 Å². The second-order valence-corrected chi connectivity index (χ2v) is 6.79. The van der Waals surface area contributed by atoms with Gasteiger partial charge in [0.25, 0.3) is 0 Å². The fraction of sp³-hybridized carbons (Fsp3) is 0.450. The van der Waals surface area contributed by atoms with Crippen LogP contribution in [0.5, 0.6) is 5.75 Å². The van der Waals surface area contributed by atoms with Crippen molar-refractivity contribution >= 4 is 11.5 Å². The quantitative estimate of drug-likeness (QED) is 0.630. The van der Waals surface area contributed by atoms with E-state index in [1.165, 1.54) is 32.1 Å². The van der Waals surface area contributed by atoms with Crippen molar-refractivity contribution < 1.29 is 9.47 Å². The molecule has 1 fully saturated rings. The van der Waals surface area contributed by atoms with Crippen LogP contribution in [0.2, 0.25) is 0 Å². The van der Waals surface area contributed by atoms with Gasteiger partial charge < -0.3 is 20.5 Å². The molecule has 3 aromatic rings. The maximum atomic E-state index is 5.69. The van der Waals surface area contributed by atoms with E-state index in [0.29, 0.717) is 24.7 Å². The van der Waals surface area contributed by atoms with E-state index in [-0.39, 0.29) is 6.10 Å². The average molecular weight is 384 g/mol. The highest BCUT2D eigenvalue weighted by Crippen LogP contribution is 2.21. The number of nitrogens with one attached hydrogen (secondary N) is 1. The lowest BCUT2D eigenvalue weighted by Gasteiger charge is -2.09. The first-order chi connectivity index (χ1) is 13.6. The van der Waals surface area contributed by atoms with Crippen molar-refractivity contribution in [1.82, 2.24) is 24.7 Å². The van der Waals surface area contributed by atoms with Crippen molar-refractivity contribution in [3.63, 3.8) is 0 Å². The number of imidazole rings is 1. The van der Waals surface area contributed by atoms with Gasteiger partial charge in [-0.1, -0.05) is 0 Å². The molecule has 4 rings (SSSR count). The third kappa shape index (κ3) is 5.64. The summed E-state index contributed by atoms with van der Waals surface area (Å²) in [5, 5.41) is 3.22. The van der Waals surface area contributed by atoms with E-state index in [1.54, 1.807) is 12.4 Å². The Hall–Kier alpha value is -2.71. The predicted octanol–water partition coefficient (Wildman–Crippen LogP) is 2.55. The van der Waals surface area contributed by atoms with Crippen LogP contribution in [-0.2, 0) is 4.74 Å². The van der Waals surface area contributed by atoms with Crippen LogP contribution in [0.4, 0.5) is 5.82 Å². The molecular formula is C20H28N6O2. The maximum absolute atomic E-state index is 5.69. The zero-order chi connectivity index (χ0) is 19.8. The third-order valence-corrected chi connectivity index (χ3v) is 4.16. The second kappa shape index (κ2) is 10.0. The van der Waals surface area contributed by atoms with Crippen molar-refractivity contribution in [2.45, 2.75) is 32.8 Å². The van der Waals surface area contributed by atoms with E-state index < -0.39 is 0 Å². The summed E-state index contributed by atoms with van der Waals surface area (Å²) in [6.45, 7) is 7.55. The van der Waals surface area contributed by atoms with Gasteiger partial charge in [0.2, 0.25) is 0 Å². The minimum atomic E-state index is 0.204. The van der Waals surface area contributed by atoms with Crippen molar-refractivity contribution in [3.05, 3.63) is 36.9 Å². The SMILES string of the molecule is C1CCNC1.CC(C)OCCOc1ccn2c(-c3cncc(N)n3)cnc2c1. The van der Waals surface area contributed by atoms with Gasteiger partial charge in [-0.05, 0) is 45.8 Å². The molecule has 8 nitrogen and oxygen atoms in total. The lowest BCUT2D eigenvalue weighted by atomic mass is 10.3. The molecule has 0 aromatic carbocycles. The molecule has 0 bridgehead atoms. The van der Waals surface area contributed by atoms with Crippen LogP contribution < -0.4 is 15.8 Å². The zero-order valence-corrected chi connectivity index (χ0v) is 16.5. The summed E-state index contributed by atoms with van der Waals surface area (Å²) < 4.78 is 13.0. The molecule has 0 amide bonds. The number of nitrogens with two attached hydrogens (primary N) is 1. The Labute approximate surface area is 165 Å². The van der Waals surface area contributed by atoms with Gasteiger partial charge in [0.1, 0.15) is 29.5 Å². The smallest absolute Gasteiger partial charge is 0.142 e. The van der Waals surface area contributed by atoms with Gasteiger partial charge in [0.15, 0.2) is 0 Å². The van der Waals surface area contributed by atoms with E-state index in [4.69, 9.17) is 15.2 Å². The lowest BCUT2D eigenvalue weighted by molar-refractivity contribution is 0.0553. The minimum absolute atomic E-state index is 0.204. The average Bonchev–Trinajstić information content (AvgIpc) is 3.38. The predicted molar refractivity (Wildman–Crippen MR) is 109 cm³/mol. The molecule has 1 aliphatic rings. The topological polar surface area (TPSA) is 99.6 Å². The summed E-state index contributed by atoms with van der Waals surface area (Å²) in [5.41, 5.74) is 7.96.